The maximum absolute atomic E-state index is 11.1. The van der Waals surface area contributed by atoms with Crippen molar-refractivity contribution in [2.75, 3.05) is 18.0 Å². The summed E-state index contributed by atoms with van der Waals surface area (Å²) in [6.07, 6.45) is 0.719. The molecule has 0 bridgehead atoms. The molecule has 0 saturated carbocycles. The molecule has 1 atom stereocenters. The molecule has 3 N–H and O–H groups in total. The summed E-state index contributed by atoms with van der Waals surface area (Å²) in [5, 5.41) is 8.92. The SMILES string of the molecule is Cc1nc(N2CCC(C(N)=O)C2)ccc1C(=O)O. The number of aromatic carboxylic acids is 1. The van der Waals surface area contributed by atoms with Gasteiger partial charge in [-0.15, -0.1) is 0 Å². The first-order valence-electron chi connectivity index (χ1n) is 5.74. The summed E-state index contributed by atoms with van der Waals surface area (Å²) < 4.78 is 0. The van der Waals surface area contributed by atoms with E-state index in [1.54, 1.807) is 13.0 Å². The van der Waals surface area contributed by atoms with E-state index in [-0.39, 0.29) is 17.4 Å². The minimum absolute atomic E-state index is 0.147. The highest BCUT2D eigenvalue weighted by Gasteiger charge is 2.27. The molecule has 1 aliphatic heterocycles. The van der Waals surface area contributed by atoms with E-state index in [2.05, 4.69) is 4.98 Å². The van der Waals surface area contributed by atoms with Crippen molar-refractivity contribution in [3.8, 4) is 0 Å². The van der Waals surface area contributed by atoms with Crippen LogP contribution in [0.15, 0.2) is 12.1 Å². The Labute approximate surface area is 104 Å². The summed E-state index contributed by atoms with van der Waals surface area (Å²) in [5.74, 6) is -0.730. The highest BCUT2D eigenvalue weighted by molar-refractivity contribution is 5.89. The van der Waals surface area contributed by atoms with E-state index in [9.17, 15) is 9.59 Å². The lowest BCUT2D eigenvalue weighted by Crippen LogP contribution is -2.27. The Bertz CT molecular complexity index is 501. The molecule has 1 aromatic heterocycles. The highest BCUT2D eigenvalue weighted by atomic mass is 16.4. The molecule has 96 valence electrons. The number of hydrogen-bond donors (Lipinski definition) is 2. The fourth-order valence-electron chi connectivity index (χ4n) is 2.15. The number of rotatable bonds is 3. The van der Waals surface area contributed by atoms with Gasteiger partial charge in [0.1, 0.15) is 5.82 Å². The number of primary amides is 1. The first-order chi connectivity index (χ1) is 8.49. The van der Waals surface area contributed by atoms with Crippen LogP contribution in [-0.2, 0) is 4.79 Å². The normalized spacial score (nSPS) is 18.9. The molecule has 2 heterocycles. The van der Waals surface area contributed by atoms with E-state index in [1.165, 1.54) is 6.07 Å². The third-order valence-electron chi connectivity index (χ3n) is 3.22. The number of aryl methyl sites for hydroxylation is 1. The van der Waals surface area contributed by atoms with Gasteiger partial charge >= 0.3 is 5.97 Å². The minimum Gasteiger partial charge on any atom is -0.478 e. The van der Waals surface area contributed by atoms with Crippen LogP contribution in [0.1, 0.15) is 22.5 Å². The smallest absolute Gasteiger partial charge is 0.337 e. The second kappa shape index (κ2) is 4.64. The number of anilines is 1. The van der Waals surface area contributed by atoms with Crippen molar-refractivity contribution < 1.29 is 14.7 Å². The van der Waals surface area contributed by atoms with Crippen molar-refractivity contribution >= 4 is 17.7 Å². The Hall–Kier alpha value is -2.11. The molecular formula is C12H15N3O3. The Morgan fingerprint density at radius 2 is 2.22 bits per heavy atom. The van der Waals surface area contributed by atoms with Gasteiger partial charge in [-0.1, -0.05) is 0 Å². The fraction of sp³-hybridized carbons (Fsp3) is 0.417. The summed E-state index contributed by atoms with van der Waals surface area (Å²) in [6.45, 7) is 2.93. The lowest BCUT2D eigenvalue weighted by molar-refractivity contribution is -0.121. The number of aromatic nitrogens is 1. The molecule has 2 rings (SSSR count). The average Bonchev–Trinajstić information content (AvgIpc) is 2.77. The van der Waals surface area contributed by atoms with Gasteiger partial charge in [-0.05, 0) is 25.5 Å². The second-order valence-electron chi connectivity index (χ2n) is 4.44. The molecule has 0 spiro atoms. The first kappa shape index (κ1) is 12.3. The molecule has 1 fully saturated rings. The van der Waals surface area contributed by atoms with E-state index >= 15 is 0 Å². The van der Waals surface area contributed by atoms with Crippen LogP contribution in [0.25, 0.3) is 0 Å². The molecule has 0 aromatic carbocycles. The number of pyridine rings is 1. The van der Waals surface area contributed by atoms with Gasteiger partial charge in [0.05, 0.1) is 17.2 Å². The van der Waals surface area contributed by atoms with Gasteiger partial charge in [-0.3, -0.25) is 4.79 Å². The maximum atomic E-state index is 11.1. The van der Waals surface area contributed by atoms with Crippen LogP contribution in [0.3, 0.4) is 0 Å². The van der Waals surface area contributed by atoms with Gasteiger partial charge in [0.15, 0.2) is 0 Å². The average molecular weight is 249 g/mol. The lowest BCUT2D eigenvalue weighted by Gasteiger charge is -2.17. The summed E-state index contributed by atoms with van der Waals surface area (Å²) in [5.41, 5.74) is 5.94. The van der Waals surface area contributed by atoms with Crippen LogP contribution in [-0.4, -0.2) is 35.1 Å². The number of carboxylic acid groups (broad SMARTS) is 1. The first-order valence-corrected chi connectivity index (χ1v) is 5.74. The Morgan fingerprint density at radius 1 is 1.50 bits per heavy atom. The zero-order chi connectivity index (χ0) is 13.3. The summed E-state index contributed by atoms with van der Waals surface area (Å²) in [6, 6.07) is 3.21. The van der Waals surface area contributed by atoms with Gasteiger partial charge in [0, 0.05) is 13.1 Å². The standard InChI is InChI=1S/C12H15N3O3/c1-7-9(12(17)18)2-3-10(14-7)15-5-4-8(6-15)11(13)16/h2-3,8H,4-6H2,1H3,(H2,13,16)(H,17,18). The van der Waals surface area contributed by atoms with E-state index in [1.807, 2.05) is 4.90 Å². The van der Waals surface area contributed by atoms with Gasteiger partial charge in [0.25, 0.3) is 0 Å². The lowest BCUT2D eigenvalue weighted by atomic mass is 10.1. The third kappa shape index (κ3) is 2.27. The van der Waals surface area contributed by atoms with Crippen molar-refractivity contribution in [1.82, 2.24) is 4.98 Å². The topological polar surface area (TPSA) is 96.5 Å². The molecular weight excluding hydrogens is 234 g/mol. The summed E-state index contributed by atoms with van der Waals surface area (Å²) in [4.78, 5) is 28.2. The Balaban J connectivity index is 2.18. The van der Waals surface area contributed by atoms with Crippen LogP contribution in [0.2, 0.25) is 0 Å². The Morgan fingerprint density at radius 3 is 2.72 bits per heavy atom. The zero-order valence-corrected chi connectivity index (χ0v) is 10.1. The van der Waals surface area contributed by atoms with Crippen LogP contribution < -0.4 is 10.6 Å². The number of amides is 1. The van der Waals surface area contributed by atoms with Crippen molar-refractivity contribution in [3.05, 3.63) is 23.4 Å². The number of nitrogens with zero attached hydrogens (tertiary/aromatic N) is 2. The van der Waals surface area contributed by atoms with E-state index < -0.39 is 5.97 Å². The summed E-state index contributed by atoms with van der Waals surface area (Å²) >= 11 is 0. The highest BCUT2D eigenvalue weighted by Crippen LogP contribution is 2.23. The van der Waals surface area contributed by atoms with Crippen molar-refractivity contribution in [2.45, 2.75) is 13.3 Å². The van der Waals surface area contributed by atoms with Crippen LogP contribution >= 0.6 is 0 Å². The van der Waals surface area contributed by atoms with Gasteiger partial charge in [-0.25, -0.2) is 9.78 Å². The molecule has 6 heteroatoms. The zero-order valence-electron chi connectivity index (χ0n) is 10.1. The molecule has 1 amide bonds. The number of hydrogen-bond acceptors (Lipinski definition) is 4. The van der Waals surface area contributed by atoms with Gasteiger partial charge in [0.2, 0.25) is 5.91 Å². The molecule has 6 nitrogen and oxygen atoms in total. The fourth-order valence-corrected chi connectivity index (χ4v) is 2.15. The van der Waals surface area contributed by atoms with Crippen molar-refractivity contribution in [3.63, 3.8) is 0 Å². The predicted molar refractivity (Wildman–Crippen MR) is 65.4 cm³/mol. The number of carbonyl (C=O) groups excluding carboxylic acids is 1. The molecule has 0 radical (unpaired) electrons. The molecule has 1 unspecified atom stereocenters. The predicted octanol–water partition coefficient (Wildman–Crippen LogP) is 0.400. The van der Waals surface area contributed by atoms with Crippen LogP contribution in [0, 0.1) is 12.8 Å². The van der Waals surface area contributed by atoms with Crippen LogP contribution in [0.4, 0.5) is 5.82 Å². The summed E-state index contributed by atoms with van der Waals surface area (Å²) in [7, 11) is 0. The van der Waals surface area contributed by atoms with Crippen molar-refractivity contribution in [2.24, 2.45) is 11.7 Å². The molecule has 1 aliphatic rings. The van der Waals surface area contributed by atoms with Gasteiger partial charge < -0.3 is 15.7 Å². The van der Waals surface area contributed by atoms with E-state index in [4.69, 9.17) is 10.8 Å². The molecule has 1 saturated heterocycles. The van der Waals surface area contributed by atoms with Crippen LogP contribution in [0.5, 0.6) is 0 Å². The molecule has 0 aliphatic carbocycles. The molecule has 1 aromatic rings. The quantitative estimate of drug-likeness (QED) is 0.808. The minimum atomic E-state index is -0.983. The molecule has 18 heavy (non-hydrogen) atoms. The number of carboxylic acids is 1. The number of nitrogens with two attached hydrogens (primary N) is 1. The largest absolute Gasteiger partial charge is 0.478 e. The monoisotopic (exact) mass is 249 g/mol. The maximum Gasteiger partial charge on any atom is 0.337 e. The number of carbonyl (C=O) groups is 2. The van der Waals surface area contributed by atoms with E-state index in [0.29, 0.717) is 24.6 Å². The van der Waals surface area contributed by atoms with E-state index in [0.717, 1.165) is 6.42 Å². The second-order valence-corrected chi connectivity index (χ2v) is 4.44. The van der Waals surface area contributed by atoms with Crippen molar-refractivity contribution in [1.29, 1.82) is 0 Å². The third-order valence-corrected chi connectivity index (χ3v) is 3.22. The Kier molecular flexibility index (Phi) is 3.18. The van der Waals surface area contributed by atoms with Gasteiger partial charge in [-0.2, -0.15) is 0 Å².